The molecule has 0 unspecified atom stereocenters. The third-order valence-electron chi connectivity index (χ3n) is 5.75. The van der Waals surface area contributed by atoms with Crippen molar-refractivity contribution in [2.75, 3.05) is 4.90 Å². The Kier molecular flexibility index (Phi) is 5.03. The predicted molar refractivity (Wildman–Crippen MR) is 123 cm³/mol. The van der Waals surface area contributed by atoms with E-state index < -0.39 is 4.92 Å². The number of nitrogens with zero attached hydrogens (tertiary/aromatic N) is 2. The van der Waals surface area contributed by atoms with Gasteiger partial charge in [-0.3, -0.25) is 14.9 Å². The van der Waals surface area contributed by atoms with E-state index in [2.05, 4.69) is 6.08 Å². The van der Waals surface area contributed by atoms with Gasteiger partial charge in [0.2, 0.25) is 0 Å². The van der Waals surface area contributed by atoms with Crippen molar-refractivity contribution in [3.63, 3.8) is 0 Å². The molecule has 6 heteroatoms. The summed E-state index contributed by atoms with van der Waals surface area (Å²) in [4.78, 5) is 24.2. The first kappa shape index (κ1) is 19.8. The normalized spacial score (nSPS) is 14.6. The van der Waals surface area contributed by atoms with Crippen molar-refractivity contribution in [2.24, 2.45) is 0 Å². The van der Waals surface area contributed by atoms with E-state index >= 15 is 0 Å². The Labute approximate surface area is 185 Å². The van der Waals surface area contributed by atoms with Crippen LogP contribution < -0.4 is 9.64 Å². The number of ether oxygens (including phenoxy) is 1. The molecule has 3 aromatic carbocycles. The summed E-state index contributed by atoms with van der Waals surface area (Å²) in [6.07, 6.45) is 5.56. The Balaban J connectivity index is 1.60. The first-order valence-electron chi connectivity index (χ1n) is 10.4. The predicted octanol–water partition coefficient (Wildman–Crippen LogP) is 6.48. The molecule has 0 N–H and O–H groups in total. The fourth-order valence-corrected chi connectivity index (χ4v) is 4.20. The summed E-state index contributed by atoms with van der Waals surface area (Å²) in [6.45, 7) is 0. The molecule has 1 aliphatic heterocycles. The van der Waals surface area contributed by atoms with Gasteiger partial charge in [0, 0.05) is 46.4 Å². The second-order valence-corrected chi connectivity index (χ2v) is 7.76. The first-order valence-corrected chi connectivity index (χ1v) is 10.4. The quantitative estimate of drug-likeness (QED) is 0.266. The SMILES string of the molecule is O=CC1=C2Oc3cc(N(c4ccccc4)c4ccc([N+](=O)[O-])cc4)ccc3C=C2CCC1. The van der Waals surface area contributed by atoms with E-state index in [0.717, 1.165) is 53.7 Å². The van der Waals surface area contributed by atoms with Gasteiger partial charge in [0.1, 0.15) is 17.8 Å². The minimum absolute atomic E-state index is 0.0406. The first-order chi connectivity index (χ1) is 15.6. The molecule has 1 aliphatic carbocycles. The largest absolute Gasteiger partial charge is 0.456 e. The molecule has 0 bridgehead atoms. The Hall–Kier alpha value is -4.19. The summed E-state index contributed by atoms with van der Waals surface area (Å²) in [6, 6.07) is 22.2. The topological polar surface area (TPSA) is 72.7 Å². The lowest BCUT2D eigenvalue weighted by atomic mass is 9.90. The lowest BCUT2D eigenvalue weighted by molar-refractivity contribution is -0.384. The summed E-state index contributed by atoms with van der Waals surface area (Å²) >= 11 is 0. The number of nitro groups is 1. The van der Waals surface area contributed by atoms with Gasteiger partial charge in [-0.05, 0) is 67.3 Å². The third-order valence-corrected chi connectivity index (χ3v) is 5.75. The highest BCUT2D eigenvalue weighted by atomic mass is 16.6. The van der Waals surface area contributed by atoms with E-state index in [1.807, 2.05) is 53.4 Å². The number of hydrogen-bond acceptors (Lipinski definition) is 5. The highest BCUT2D eigenvalue weighted by Gasteiger charge is 2.25. The number of para-hydroxylation sites is 1. The molecule has 0 fully saturated rings. The van der Waals surface area contributed by atoms with Crippen LogP contribution in [0.4, 0.5) is 22.7 Å². The fourth-order valence-electron chi connectivity index (χ4n) is 4.20. The van der Waals surface area contributed by atoms with E-state index in [1.165, 1.54) is 12.1 Å². The molecule has 0 spiro atoms. The summed E-state index contributed by atoms with van der Waals surface area (Å²) in [7, 11) is 0. The van der Waals surface area contributed by atoms with Gasteiger partial charge >= 0.3 is 0 Å². The van der Waals surface area contributed by atoms with E-state index in [0.29, 0.717) is 17.1 Å². The highest BCUT2D eigenvalue weighted by Crippen LogP contribution is 2.43. The number of allylic oxidation sites excluding steroid dienone is 2. The van der Waals surface area contributed by atoms with Gasteiger partial charge in [-0.15, -0.1) is 0 Å². The van der Waals surface area contributed by atoms with Crippen LogP contribution in [0.1, 0.15) is 24.8 Å². The maximum Gasteiger partial charge on any atom is 0.269 e. The molecule has 3 aromatic rings. The number of anilines is 3. The molecule has 0 saturated heterocycles. The van der Waals surface area contributed by atoms with Crippen LogP contribution in [0.25, 0.3) is 6.08 Å². The highest BCUT2D eigenvalue weighted by molar-refractivity contribution is 5.82. The number of carbonyl (C=O) groups is 1. The number of aldehydes is 1. The van der Waals surface area contributed by atoms with Crippen LogP contribution >= 0.6 is 0 Å². The van der Waals surface area contributed by atoms with Crippen molar-refractivity contribution >= 4 is 35.1 Å². The zero-order valence-corrected chi connectivity index (χ0v) is 17.2. The smallest absolute Gasteiger partial charge is 0.269 e. The molecular formula is C26H20N2O4. The number of rotatable bonds is 5. The number of fused-ring (bicyclic) bond motifs is 2. The number of non-ortho nitro benzene ring substituents is 1. The summed E-state index contributed by atoms with van der Waals surface area (Å²) < 4.78 is 6.22. The average molecular weight is 424 g/mol. The van der Waals surface area contributed by atoms with Gasteiger partial charge in [-0.2, -0.15) is 0 Å². The van der Waals surface area contributed by atoms with E-state index in [1.54, 1.807) is 12.1 Å². The van der Waals surface area contributed by atoms with Crippen LogP contribution in [-0.2, 0) is 4.79 Å². The van der Waals surface area contributed by atoms with Crippen molar-refractivity contribution in [3.8, 4) is 5.75 Å². The van der Waals surface area contributed by atoms with Crippen LogP contribution in [0.15, 0.2) is 89.7 Å². The van der Waals surface area contributed by atoms with Crippen LogP contribution in [-0.4, -0.2) is 11.2 Å². The molecule has 158 valence electrons. The molecule has 2 aliphatic rings. The molecule has 5 rings (SSSR count). The van der Waals surface area contributed by atoms with Crippen molar-refractivity contribution in [1.29, 1.82) is 0 Å². The Morgan fingerprint density at radius 1 is 0.906 bits per heavy atom. The van der Waals surface area contributed by atoms with Crippen LogP contribution in [0.3, 0.4) is 0 Å². The second kappa shape index (κ2) is 8.15. The number of nitro benzene ring substituents is 1. The molecule has 0 aromatic heterocycles. The van der Waals surface area contributed by atoms with Gasteiger partial charge in [0.05, 0.1) is 4.92 Å². The standard InChI is InChI=1S/C26H20N2O4/c29-17-20-6-4-5-19-15-18-9-10-24(16-25(18)32-26(19)20)27(21-7-2-1-3-8-21)22-11-13-23(14-12-22)28(30)31/h1-3,7-17H,4-6H2. The molecule has 32 heavy (non-hydrogen) atoms. The molecule has 0 amide bonds. The van der Waals surface area contributed by atoms with Crippen molar-refractivity contribution < 1.29 is 14.5 Å². The lowest BCUT2D eigenvalue weighted by Gasteiger charge is -2.29. The van der Waals surface area contributed by atoms with E-state index in [9.17, 15) is 14.9 Å². The Morgan fingerprint density at radius 3 is 2.34 bits per heavy atom. The molecule has 0 saturated carbocycles. The zero-order chi connectivity index (χ0) is 22.1. The average Bonchev–Trinajstić information content (AvgIpc) is 2.83. The van der Waals surface area contributed by atoms with Gasteiger partial charge < -0.3 is 9.64 Å². The molecule has 0 radical (unpaired) electrons. The molecule has 6 nitrogen and oxygen atoms in total. The number of hydrogen-bond donors (Lipinski definition) is 0. The fraction of sp³-hybridized carbons (Fsp3) is 0.115. The molecular weight excluding hydrogens is 404 g/mol. The maximum atomic E-state index is 11.5. The van der Waals surface area contributed by atoms with E-state index in [-0.39, 0.29) is 5.69 Å². The summed E-state index contributed by atoms with van der Waals surface area (Å²) in [5.41, 5.74) is 5.33. The van der Waals surface area contributed by atoms with Crippen molar-refractivity contribution in [2.45, 2.75) is 19.3 Å². The third kappa shape index (κ3) is 3.56. The van der Waals surface area contributed by atoms with Crippen molar-refractivity contribution in [1.82, 2.24) is 0 Å². The maximum absolute atomic E-state index is 11.5. The minimum atomic E-state index is -0.407. The molecule has 0 atom stereocenters. The zero-order valence-electron chi connectivity index (χ0n) is 17.2. The van der Waals surface area contributed by atoms with Gasteiger partial charge in [0.15, 0.2) is 0 Å². The van der Waals surface area contributed by atoms with Crippen LogP contribution in [0.5, 0.6) is 5.75 Å². The summed E-state index contributed by atoms with van der Waals surface area (Å²) in [5, 5.41) is 11.1. The van der Waals surface area contributed by atoms with E-state index in [4.69, 9.17) is 4.74 Å². The number of benzene rings is 3. The van der Waals surface area contributed by atoms with Crippen LogP contribution in [0.2, 0.25) is 0 Å². The van der Waals surface area contributed by atoms with Crippen molar-refractivity contribution in [3.05, 3.63) is 105 Å². The monoisotopic (exact) mass is 424 g/mol. The van der Waals surface area contributed by atoms with Gasteiger partial charge in [0.25, 0.3) is 5.69 Å². The Bertz CT molecular complexity index is 1260. The van der Waals surface area contributed by atoms with Crippen LogP contribution in [0, 0.1) is 10.1 Å². The summed E-state index contributed by atoms with van der Waals surface area (Å²) in [5.74, 6) is 1.36. The lowest BCUT2D eigenvalue weighted by Crippen LogP contribution is -2.15. The Morgan fingerprint density at radius 2 is 1.62 bits per heavy atom. The number of carbonyl (C=O) groups excluding carboxylic acids is 1. The van der Waals surface area contributed by atoms with Gasteiger partial charge in [-0.25, -0.2) is 0 Å². The minimum Gasteiger partial charge on any atom is -0.456 e. The second-order valence-electron chi connectivity index (χ2n) is 7.76. The molecule has 1 heterocycles. The van der Waals surface area contributed by atoms with Gasteiger partial charge in [-0.1, -0.05) is 18.2 Å².